The van der Waals surface area contributed by atoms with E-state index in [2.05, 4.69) is 5.32 Å². The quantitative estimate of drug-likeness (QED) is 0.429. The molecule has 10 nitrogen and oxygen atoms in total. The average molecular weight is 367 g/mol. The molecule has 0 bridgehead atoms. The van der Waals surface area contributed by atoms with Gasteiger partial charge in [0.1, 0.15) is 12.1 Å². The Morgan fingerprint density at radius 2 is 2.04 bits per heavy atom. The van der Waals surface area contributed by atoms with E-state index in [1.165, 1.54) is 12.1 Å². The van der Waals surface area contributed by atoms with Crippen LogP contribution in [0.15, 0.2) is 18.2 Å². The normalized spacial score (nSPS) is 21.3. The summed E-state index contributed by atoms with van der Waals surface area (Å²) in [4.78, 5) is 47.5. The van der Waals surface area contributed by atoms with Gasteiger partial charge in [0.15, 0.2) is 9.84 Å². The number of nitro groups is 1. The number of fused-ring (bicyclic) bond motifs is 1. The Morgan fingerprint density at radius 1 is 1.32 bits per heavy atom. The van der Waals surface area contributed by atoms with E-state index in [-0.39, 0.29) is 29.1 Å². The SMILES string of the molecule is O=C(CN1C(=O)c2cccc([N+](=O)[O-])c2C1=O)N[C@H]1CCS(=O)(=O)C1. The molecule has 132 valence electrons. The molecule has 1 N–H and O–H groups in total. The Kier molecular flexibility index (Phi) is 4.03. The minimum Gasteiger partial charge on any atom is -0.351 e. The summed E-state index contributed by atoms with van der Waals surface area (Å²) in [6, 6.07) is 3.11. The number of carbonyl (C=O) groups is 3. The number of nitrogens with one attached hydrogen (secondary N) is 1. The maximum Gasteiger partial charge on any atom is 0.282 e. The highest BCUT2D eigenvalue weighted by molar-refractivity contribution is 7.91. The first-order chi connectivity index (χ1) is 11.7. The summed E-state index contributed by atoms with van der Waals surface area (Å²) in [5, 5.41) is 13.5. The minimum absolute atomic E-state index is 0.0306. The van der Waals surface area contributed by atoms with Crippen LogP contribution in [-0.4, -0.2) is 60.1 Å². The standard InChI is InChI=1S/C14H13N3O7S/c18-11(15-8-4-5-25(23,24)7-8)6-16-13(19)9-2-1-3-10(17(21)22)12(9)14(16)20/h1-3,8H,4-7H2,(H,15,18)/t8-/m0/s1. The molecule has 0 aromatic heterocycles. The van der Waals surface area contributed by atoms with Gasteiger partial charge >= 0.3 is 0 Å². The zero-order valence-electron chi connectivity index (χ0n) is 12.8. The molecule has 1 atom stereocenters. The van der Waals surface area contributed by atoms with Crippen molar-refractivity contribution < 1.29 is 27.7 Å². The van der Waals surface area contributed by atoms with E-state index in [9.17, 15) is 32.9 Å². The second kappa shape index (κ2) is 5.92. The molecule has 1 fully saturated rings. The van der Waals surface area contributed by atoms with Crippen LogP contribution in [0.1, 0.15) is 27.1 Å². The van der Waals surface area contributed by atoms with Crippen molar-refractivity contribution in [3.63, 3.8) is 0 Å². The van der Waals surface area contributed by atoms with Crippen molar-refractivity contribution in [2.75, 3.05) is 18.1 Å². The van der Waals surface area contributed by atoms with Gasteiger partial charge in [-0.25, -0.2) is 8.42 Å². The summed E-state index contributed by atoms with van der Waals surface area (Å²) in [5.74, 6) is -2.62. The van der Waals surface area contributed by atoms with Gasteiger partial charge in [0.05, 0.1) is 22.0 Å². The number of nitro benzene ring substituents is 1. The van der Waals surface area contributed by atoms with E-state index in [4.69, 9.17) is 0 Å². The first-order valence-electron chi connectivity index (χ1n) is 7.33. The van der Waals surface area contributed by atoms with Gasteiger partial charge in [-0.05, 0) is 12.5 Å². The second-order valence-electron chi connectivity index (χ2n) is 5.82. The maximum absolute atomic E-state index is 12.3. The molecule has 1 aromatic rings. The predicted molar refractivity (Wildman–Crippen MR) is 83.7 cm³/mol. The summed E-state index contributed by atoms with van der Waals surface area (Å²) < 4.78 is 22.8. The van der Waals surface area contributed by atoms with Crippen molar-refractivity contribution in [1.82, 2.24) is 10.2 Å². The predicted octanol–water partition coefficient (Wildman–Crippen LogP) is -0.506. The molecule has 0 radical (unpaired) electrons. The molecule has 2 aliphatic rings. The van der Waals surface area contributed by atoms with Gasteiger partial charge < -0.3 is 5.32 Å². The van der Waals surface area contributed by atoms with E-state index in [1.54, 1.807) is 0 Å². The lowest BCUT2D eigenvalue weighted by Crippen LogP contribution is -2.44. The Hall–Kier alpha value is -2.82. The van der Waals surface area contributed by atoms with Gasteiger partial charge in [0.25, 0.3) is 17.5 Å². The van der Waals surface area contributed by atoms with Crippen molar-refractivity contribution in [3.05, 3.63) is 39.4 Å². The van der Waals surface area contributed by atoms with Crippen LogP contribution in [0.25, 0.3) is 0 Å². The lowest BCUT2D eigenvalue weighted by Gasteiger charge is -2.16. The van der Waals surface area contributed by atoms with E-state index >= 15 is 0 Å². The highest BCUT2D eigenvalue weighted by atomic mass is 32.2. The summed E-state index contributed by atoms with van der Waals surface area (Å²) >= 11 is 0. The summed E-state index contributed by atoms with van der Waals surface area (Å²) in [6.07, 6.45) is 0.266. The lowest BCUT2D eigenvalue weighted by molar-refractivity contribution is -0.385. The molecular weight excluding hydrogens is 354 g/mol. The van der Waals surface area contributed by atoms with Crippen LogP contribution in [-0.2, 0) is 14.6 Å². The second-order valence-corrected chi connectivity index (χ2v) is 8.05. The van der Waals surface area contributed by atoms with Crippen molar-refractivity contribution >= 4 is 33.2 Å². The topological polar surface area (TPSA) is 144 Å². The third-order valence-corrected chi connectivity index (χ3v) is 5.84. The van der Waals surface area contributed by atoms with Crippen LogP contribution in [0, 0.1) is 10.1 Å². The Balaban J connectivity index is 1.75. The van der Waals surface area contributed by atoms with Crippen LogP contribution in [0.2, 0.25) is 0 Å². The van der Waals surface area contributed by atoms with E-state index in [0.29, 0.717) is 4.90 Å². The van der Waals surface area contributed by atoms with Crippen LogP contribution < -0.4 is 5.32 Å². The first-order valence-corrected chi connectivity index (χ1v) is 9.15. The summed E-state index contributed by atoms with van der Waals surface area (Å²) in [5.41, 5.74) is -0.968. The van der Waals surface area contributed by atoms with Gasteiger partial charge in [-0.1, -0.05) is 6.07 Å². The Bertz CT molecular complexity index is 909. The zero-order valence-corrected chi connectivity index (χ0v) is 13.6. The molecule has 0 aliphatic carbocycles. The highest BCUT2D eigenvalue weighted by Crippen LogP contribution is 2.30. The van der Waals surface area contributed by atoms with Crippen LogP contribution >= 0.6 is 0 Å². The number of hydrogen-bond acceptors (Lipinski definition) is 7. The first kappa shape index (κ1) is 17.0. The van der Waals surface area contributed by atoms with Crippen molar-refractivity contribution in [3.8, 4) is 0 Å². The molecule has 1 aromatic carbocycles. The van der Waals surface area contributed by atoms with Gasteiger partial charge in [0, 0.05) is 12.1 Å². The van der Waals surface area contributed by atoms with Crippen molar-refractivity contribution in [2.45, 2.75) is 12.5 Å². The maximum atomic E-state index is 12.3. The summed E-state index contributed by atoms with van der Waals surface area (Å²) in [6.45, 7) is -0.625. The fourth-order valence-corrected chi connectivity index (χ4v) is 4.61. The fourth-order valence-electron chi connectivity index (χ4n) is 2.94. The number of sulfone groups is 1. The van der Waals surface area contributed by atoms with E-state index in [0.717, 1.165) is 6.07 Å². The number of nitrogens with zero attached hydrogens (tertiary/aromatic N) is 2. The van der Waals surface area contributed by atoms with Crippen LogP contribution in [0.5, 0.6) is 0 Å². The van der Waals surface area contributed by atoms with Gasteiger partial charge in [-0.3, -0.25) is 29.4 Å². The minimum atomic E-state index is -3.19. The van der Waals surface area contributed by atoms with Crippen molar-refractivity contribution in [2.24, 2.45) is 0 Å². The highest BCUT2D eigenvalue weighted by Gasteiger charge is 2.42. The molecule has 1 saturated heterocycles. The molecule has 11 heteroatoms. The molecule has 2 heterocycles. The van der Waals surface area contributed by atoms with Crippen LogP contribution in [0.4, 0.5) is 5.69 Å². The molecule has 25 heavy (non-hydrogen) atoms. The molecule has 3 amide bonds. The number of rotatable bonds is 4. The third kappa shape index (κ3) is 3.09. The molecule has 0 spiro atoms. The van der Waals surface area contributed by atoms with Gasteiger partial charge in [-0.2, -0.15) is 0 Å². The number of amides is 3. The number of benzene rings is 1. The molecule has 0 saturated carbocycles. The smallest absolute Gasteiger partial charge is 0.282 e. The molecule has 0 unspecified atom stereocenters. The van der Waals surface area contributed by atoms with E-state index < -0.39 is 50.8 Å². The Labute approximate surface area is 141 Å². The summed E-state index contributed by atoms with van der Waals surface area (Å²) in [7, 11) is -3.19. The fraction of sp³-hybridized carbons (Fsp3) is 0.357. The number of carbonyl (C=O) groups excluding carboxylic acids is 3. The van der Waals surface area contributed by atoms with Gasteiger partial charge in [0.2, 0.25) is 5.91 Å². The van der Waals surface area contributed by atoms with Crippen LogP contribution in [0.3, 0.4) is 0 Å². The Morgan fingerprint density at radius 3 is 2.64 bits per heavy atom. The molecule has 2 aliphatic heterocycles. The average Bonchev–Trinajstić information content (AvgIpc) is 2.99. The zero-order chi connectivity index (χ0) is 18.4. The molecule has 3 rings (SSSR count). The number of hydrogen-bond donors (Lipinski definition) is 1. The van der Waals surface area contributed by atoms with Crippen molar-refractivity contribution in [1.29, 1.82) is 0 Å². The number of imide groups is 1. The largest absolute Gasteiger partial charge is 0.351 e. The lowest BCUT2D eigenvalue weighted by atomic mass is 10.1. The monoisotopic (exact) mass is 367 g/mol. The third-order valence-electron chi connectivity index (χ3n) is 4.07. The molecular formula is C14H13N3O7S. The van der Waals surface area contributed by atoms with E-state index in [1.807, 2.05) is 0 Å². The van der Waals surface area contributed by atoms with Gasteiger partial charge in [-0.15, -0.1) is 0 Å².